The van der Waals surface area contributed by atoms with E-state index in [1.165, 1.54) is 75.0 Å². The van der Waals surface area contributed by atoms with Crippen molar-refractivity contribution < 1.29 is 0 Å². The molecule has 2 aliphatic rings. The van der Waals surface area contributed by atoms with Crippen LogP contribution < -0.4 is 0 Å². The zero-order chi connectivity index (χ0) is 16.1. The van der Waals surface area contributed by atoms with Crippen LogP contribution in [0.3, 0.4) is 0 Å². The Bertz CT molecular complexity index is 465. The van der Waals surface area contributed by atoms with Crippen molar-refractivity contribution in [2.45, 2.75) is 81.5 Å². The molecule has 1 atom stereocenters. The van der Waals surface area contributed by atoms with E-state index in [0.29, 0.717) is 6.04 Å². The standard InChI is InChI=1S/C20H32N2S/c1-16(2)15-22-13-7-6-10-19(22)17-11-12-20(21-14-17)23-18-8-4-3-5-9-18/h11-12,14,16,18-19H,3-10,13,15H2,1-2H3/t19-/m0/s1. The lowest BCUT2D eigenvalue weighted by molar-refractivity contribution is 0.132. The van der Waals surface area contributed by atoms with Crippen LogP contribution in [0, 0.1) is 5.92 Å². The van der Waals surface area contributed by atoms with Crippen LogP contribution in [0.4, 0.5) is 0 Å². The fraction of sp³-hybridized carbons (Fsp3) is 0.750. The van der Waals surface area contributed by atoms with E-state index in [4.69, 9.17) is 4.98 Å². The summed E-state index contributed by atoms with van der Waals surface area (Å²) in [4.78, 5) is 7.48. The summed E-state index contributed by atoms with van der Waals surface area (Å²) >= 11 is 2.01. The molecule has 3 heteroatoms. The van der Waals surface area contributed by atoms with Gasteiger partial charge >= 0.3 is 0 Å². The van der Waals surface area contributed by atoms with Gasteiger partial charge in [-0.1, -0.05) is 45.6 Å². The number of pyridine rings is 1. The Morgan fingerprint density at radius 2 is 1.87 bits per heavy atom. The summed E-state index contributed by atoms with van der Waals surface area (Å²) in [5.74, 6) is 0.740. The fourth-order valence-corrected chi connectivity index (χ4v) is 5.24. The summed E-state index contributed by atoms with van der Waals surface area (Å²) in [5, 5.41) is 2.03. The van der Waals surface area contributed by atoms with Gasteiger partial charge in [0.1, 0.15) is 0 Å². The van der Waals surface area contributed by atoms with Crippen molar-refractivity contribution >= 4 is 11.8 Å². The van der Waals surface area contributed by atoms with E-state index < -0.39 is 0 Å². The van der Waals surface area contributed by atoms with Crippen molar-refractivity contribution in [1.82, 2.24) is 9.88 Å². The van der Waals surface area contributed by atoms with E-state index >= 15 is 0 Å². The Morgan fingerprint density at radius 3 is 2.57 bits per heavy atom. The molecule has 1 saturated heterocycles. The number of hydrogen-bond acceptors (Lipinski definition) is 3. The van der Waals surface area contributed by atoms with Gasteiger partial charge in [0.15, 0.2) is 0 Å². The van der Waals surface area contributed by atoms with Crippen molar-refractivity contribution in [3.8, 4) is 0 Å². The van der Waals surface area contributed by atoms with Crippen LogP contribution in [-0.2, 0) is 0 Å². The number of likely N-dealkylation sites (tertiary alicyclic amines) is 1. The number of piperidine rings is 1. The summed E-state index contributed by atoms with van der Waals surface area (Å²) in [5.41, 5.74) is 1.43. The van der Waals surface area contributed by atoms with Crippen LogP contribution >= 0.6 is 11.8 Å². The molecule has 0 bridgehead atoms. The molecule has 23 heavy (non-hydrogen) atoms. The van der Waals surface area contributed by atoms with Crippen LogP contribution in [0.25, 0.3) is 0 Å². The Labute approximate surface area is 146 Å². The topological polar surface area (TPSA) is 16.1 Å². The van der Waals surface area contributed by atoms with Gasteiger partial charge in [-0.3, -0.25) is 4.90 Å². The van der Waals surface area contributed by atoms with E-state index in [-0.39, 0.29) is 0 Å². The second kappa shape index (κ2) is 8.53. The molecule has 1 aliphatic heterocycles. The highest BCUT2D eigenvalue weighted by Gasteiger charge is 2.24. The third-order valence-electron chi connectivity index (χ3n) is 5.20. The fourth-order valence-electron chi connectivity index (χ4n) is 4.07. The Hall–Kier alpha value is -0.540. The molecule has 2 fully saturated rings. The van der Waals surface area contributed by atoms with Crippen molar-refractivity contribution in [2.24, 2.45) is 5.92 Å². The number of thioether (sulfide) groups is 1. The average molecular weight is 333 g/mol. The Balaban J connectivity index is 1.62. The van der Waals surface area contributed by atoms with Crippen LogP contribution in [-0.4, -0.2) is 28.2 Å². The summed E-state index contributed by atoms with van der Waals surface area (Å²) < 4.78 is 0. The first kappa shape index (κ1) is 17.3. The van der Waals surface area contributed by atoms with Gasteiger partial charge < -0.3 is 0 Å². The maximum Gasteiger partial charge on any atom is 0.0962 e. The number of hydrogen-bond donors (Lipinski definition) is 0. The second-order valence-corrected chi connectivity index (χ2v) is 9.03. The van der Waals surface area contributed by atoms with Crippen molar-refractivity contribution in [3.05, 3.63) is 23.9 Å². The SMILES string of the molecule is CC(C)CN1CCCC[C@H]1c1ccc(SC2CCCCC2)nc1. The van der Waals surface area contributed by atoms with Gasteiger partial charge in [-0.2, -0.15) is 0 Å². The first-order valence-corrected chi connectivity index (χ1v) is 10.5. The highest BCUT2D eigenvalue weighted by atomic mass is 32.2. The summed E-state index contributed by atoms with van der Waals surface area (Å²) in [6.45, 7) is 7.12. The number of aromatic nitrogens is 1. The first-order chi connectivity index (χ1) is 11.2. The molecule has 1 aliphatic carbocycles. The van der Waals surface area contributed by atoms with Crippen LogP contribution in [0.15, 0.2) is 23.4 Å². The van der Waals surface area contributed by atoms with Gasteiger partial charge in [0.2, 0.25) is 0 Å². The maximum atomic E-state index is 4.80. The van der Waals surface area contributed by atoms with Gasteiger partial charge in [0, 0.05) is 24.0 Å². The maximum absolute atomic E-state index is 4.80. The van der Waals surface area contributed by atoms with Crippen LogP contribution in [0.1, 0.15) is 76.8 Å². The molecule has 1 aromatic heterocycles. The number of nitrogens with zero attached hydrogens (tertiary/aromatic N) is 2. The molecule has 2 nitrogen and oxygen atoms in total. The average Bonchev–Trinajstić information content (AvgIpc) is 2.57. The predicted molar refractivity (Wildman–Crippen MR) is 100.0 cm³/mol. The third kappa shape index (κ3) is 4.96. The van der Waals surface area contributed by atoms with E-state index in [1.807, 2.05) is 11.8 Å². The molecule has 2 heterocycles. The molecule has 0 unspecified atom stereocenters. The predicted octanol–water partition coefficient (Wildman–Crippen LogP) is 5.69. The Kier molecular flexibility index (Phi) is 6.41. The Morgan fingerprint density at radius 1 is 1.09 bits per heavy atom. The molecule has 1 saturated carbocycles. The minimum Gasteiger partial charge on any atom is -0.296 e. The molecule has 0 aromatic carbocycles. The van der Waals surface area contributed by atoms with Crippen LogP contribution in [0.2, 0.25) is 0 Å². The quantitative estimate of drug-likeness (QED) is 0.689. The van der Waals surface area contributed by atoms with Gasteiger partial charge in [0.25, 0.3) is 0 Å². The third-order valence-corrected chi connectivity index (χ3v) is 6.48. The van der Waals surface area contributed by atoms with Crippen LogP contribution in [0.5, 0.6) is 0 Å². The van der Waals surface area contributed by atoms with Gasteiger partial charge in [-0.15, -0.1) is 11.8 Å². The largest absolute Gasteiger partial charge is 0.296 e. The number of rotatable bonds is 5. The molecule has 0 amide bonds. The summed E-state index contributed by atoms with van der Waals surface area (Å²) in [7, 11) is 0. The molecule has 128 valence electrons. The molecule has 3 rings (SSSR count). The summed E-state index contributed by atoms with van der Waals surface area (Å²) in [6, 6.07) is 5.21. The van der Waals surface area contributed by atoms with E-state index in [1.54, 1.807) is 0 Å². The van der Waals surface area contributed by atoms with Crippen molar-refractivity contribution in [2.75, 3.05) is 13.1 Å². The molecule has 1 aromatic rings. The van der Waals surface area contributed by atoms with Gasteiger partial charge in [-0.05, 0) is 49.8 Å². The lowest BCUT2D eigenvalue weighted by Gasteiger charge is -2.37. The van der Waals surface area contributed by atoms with E-state index in [2.05, 4.69) is 37.1 Å². The monoisotopic (exact) mass is 332 g/mol. The lowest BCUT2D eigenvalue weighted by atomic mass is 9.95. The molecular weight excluding hydrogens is 300 g/mol. The molecule has 0 radical (unpaired) electrons. The minimum atomic E-state index is 0.590. The normalized spacial score (nSPS) is 24.2. The van der Waals surface area contributed by atoms with Gasteiger partial charge in [-0.25, -0.2) is 4.98 Å². The molecule has 0 N–H and O–H groups in total. The van der Waals surface area contributed by atoms with Crippen molar-refractivity contribution in [1.29, 1.82) is 0 Å². The first-order valence-electron chi connectivity index (χ1n) is 9.59. The molecular formula is C20H32N2S. The minimum absolute atomic E-state index is 0.590. The lowest BCUT2D eigenvalue weighted by Crippen LogP contribution is -2.36. The summed E-state index contributed by atoms with van der Waals surface area (Å²) in [6.07, 6.45) is 13.2. The molecule has 0 spiro atoms. The zero-order valence-electron chi connectivity index (χ0n) is 14.8. The smallest absolute Gasteiger partial charge is 0.0962 e. The van der Waals surface area contributed by atoms with E-state index in [0.717, 1.165) is 11.2 Å². The highest BCUT2D eigenvalue weighted by Crippen LogP contribution is 2.35. The van der Waals surface area contributed by atoms with Crippen molar-refractivity contribution in [3.63, 3.8) is 0 Å². The van der Waals surface area contributed by atoms with E-state index in [9.17, 15) is 0 Å². The van der Waals surface area contributed by atoms with Gasteiger partial charge in [0.05, 0.1) is 5.03 Å². The zero-order valence-corrected chi connectivity index (χ0v) is 15.7. The highest BCUT2D eigenvalue weighted by molar-refractivity contribution is 7.99. The second-order valence-electron chi connectivity index (χ2n) is 7.71.